The summed E-state index contributed by atoms with van der Waals surface area (Å²) in [6, 6.07) is 8.12. The van der Waals surface area contributed by atoms with Gasteiger partial charge in [0.2, 0.25) is 0 Å². The van der Waals surface area contributed by atoms with Gasteiger partial charge in [0.1, 0.15) is 0 Å². The molecule has 0 radical (unpaired) electrons. The van der Waals surface area contributed by atoms with E-state index >= 15 is 0 Å². The molecule has 22 heavy (non-hydrogen) atoms. The van der Waals surface area contributed by atoms with Crippen molar-refractivity contribution in [3.05, 3.63) is 35.4 Å². The highest BCUT2D eigenvalue weighted by Crippen LogP contribution is 2.22. The Kier molecular flexibility index (Phi) is 5.11. The van der Waals surface area contributed by atoms with E-state index in [1.165, 1.54) is 45.2 Å². The molecule has 4 nitrogen and oxygen atoms in total. The van der Waals surface area contributed by atoms with Crippen molar-refractivity contribution < 1.29 is 9.90 Å². The monoisotopic (exact) mass is 302 g/mol. The summed E-state index contributed by atoms with van der Waals surface area (Å²) in [5, 5.41) is 9.10. The van der Waals surface area contributed by atoms with E-state index in [1.54, 1.807) is 6.07 Å². The molecule has 2 heterocycles. The van der Waals surface area contributed by atoms with Crippen molar-refractivity contribution in [3.63, 3.8) is 0 Å². The molecule has 0 amide bonds. The van der Waals surface area contributed by atoms with Gasteiger partial charge in [0, 0.05) is 12.6 Å². The number of carboxylic acids is 1. The maximum atomic E-state index is 11.1. The van der Waals surface area contributed by atoms with Gasteiger partial charge in [-0.3, -0.25) is 4.90 Å². The first-order chi connectivity index (χ1) is 10.7. The number of hydrogen-bond acceptors (Lipinski definition) is 3. The molecule has 0 aromatic heterocycles. The lowest BCUT2D eigenvalue weighted by atomic mass is 10.1. The van der Waals surface area contributed by atoms with E-state index in [1.807, 2.05) is 18.2 Å². The predicted octanol–water partition coefficient (Wildman–Crippen LogP) is 2.84. The number of carbonyl (C=O) groups is 1. The van der Waals surface area contributed by atoms with E-state index in [4.69, 9.17) is 5.11 Å². The third kappa shape index (κ3) is 3.87. The van der Waals surface area contributed by atoms with Crippen LogP contribution in [0, 0.1) is 0 Å². The summed E-state index contributed by atoms with van der Waals surface area (Å²) in [4.78, 5) is 16.2. The molecule has 4 heteroatoms. The Balaban J connectivity index is 1.57. The quantitative estimate of drug-likeness (QED) is 0.929. The van der Waals surface area contributed by atoms with Gasteiger partial charge < -0.3 is 10.0 Å². The lowest BCUT2D eigenvalue weighted by Crippen LogP contribution is -2.33. The molecule has 0 saturated carbocycles. The number of likely N-dealkylation sites (tertiary alicyclic amines) is 2. The van der Waals surface area contributed by atoms with Crippen molar-refractivity contribution in [2.75, 3.05) is 26.2 Å². The summed E-state index contributed by atoms with van der Waals surface area (Å²) in [6.45, 7) is 5.69. The van der Waals surface area contributed by atoms with Gasteiger partial charge in [0.25, 0.3) is 0 Å². The number of aromatic carboxylic acids is 1. The molecule has 120 valence electrons. The third-order valence-corrected chi connectivity index (χ3v) is 5.03. The fraction of sp³-hybridized carbons (Fsp3) is 0.611. The first-order valence-corrected chi connectivity index (χ1v) is 8.51. The molecule has 1 atom stereocenters. The summed E-state index contributed by atoms with van der Waals surface area (Å²) in [5.41, 5.74) is 1.50. The predicted molar refractivity (Wildman–Crippen MR) is 87.1 cm³/mol. The molecule has 2 fully saturated rings. The zero-order valence-electron chi connectivity index (χ0n) is 13.2. The molecule has 0 bridgehead atoms. The van der Waals surface area contributed by atoms with E-state index in [-0.39, 0.29) is 0 Å². The average Bonchev–Trinajstić information content (AvgIpc) is 2.95. The molecule has 1 aromatic carbocycles. The number of nitrogens with zero attached hydrogens (tertiary/aromatic N) is 2. The van der Waals surface area contributed by atoms with Gasteiger partial charge in [-0.2, -0.15) is 0 Å². The second kappa shape index (κ2) is 7.25. The molecular formula is C18H26N2O2. The second-order valence-electron chi connectivity index (χ2n) is 6.61. The molecule has 1 unspecified atom stereocenters. The second-order valence-corrected chi connectivity index (χ2v) is 6.61. The lowest BCUT2D eigenvalue weighted by molar-refractivity contribution is 0.0696. The van der Waals surface area contributed by atoms with Gasteiger partial charge in [0.15, 0.2) is 0 Å². The Morgan fingerprint density at radius 2 is 1.91 bits per heavy atom. The van der Waals surface area contributed by atoms with E-state index in [2.05, 4.69) is 9.80 Å². The summed E-state index contributed by atoms with van der Waals surface area (Å²) in [5.74, 6) is -0.841. The Morgan fingerprint density at radius 1 is 1.09 bits per heavy atom. The first-order valence-electron chi connectivity index (χ1n) is 8.51. The highest BCUT2D eigenvalue weighted by atomic mass is 16.4. The average molecular weight is 302 g/mol. The van der Waals surface area contributed by atoms with Gasteiger partial charge in [-0.25, -0.2) is 4.79 Å². The van der Waals surface area contributed by atoms with Crippen molar-refractivity contribution >= 4 is 5.97 Å². The van der Waals surface area contributed by atoms with Crippen LogP contribution in [0.1, 0.15) is 48.0 Å². The van der Waals surface area contributed by atoms with Crippen LogP contribution in [-0.4, -0.2) is 53.1 Å². The van der Waals surface area contributed by atoms with Gasteiger partial charge >= 0.3 is 5.97 Å². The van der Waals surface area contributed by atoms with Crippen molar-refractivity contribution in [3.8, 4) is 0 Å². The van der Waals surface area contributed by atoms with Gasteiger partial charge in [-0.05, 0) is 76.0 Å². The Hall–Kier alpha value is -1.39. The molecule has 1 aromatic rings. The van der Waals surface area contributed by atoms with E-state index in [0.29, 0.717) is 5.56 Å². The van der Waals surface area contributed by atoms with Gasteiger partial charge in [-0.15, -0.1) is 0 Å². The molecule has 2 aliphatic heterocycles. The topological polar surface area (TPSA) is 43.8 Å². The maximum absolute atomic E-state index is 11.1. The Morgan fingerprint density at radius 3 is 2.68 bits per heavy atom. The zero-order chi connectivity index (χ0) is 15.4. The molecular weight excluding hydrogens is 276 g/mol. The number of rotatable bonds is 4. The summed E-state index contributed by atoms with van der Waals surface area (Å²) in [6.07, 6.45) is 6.54. The summed E-state index contributed by atoms with van der Waals surface area (Å²) in [7, 11) is 0. The molecule has 1 N–H and O–H groups in total. The SMILES string of the molecule is O=C(O)c1cccc(CN2CCCC(N3CCCC3)CC2)c1. The van der Waals surface area contributed by atoms with Crippen LogP contribution in [0.2, 0.25) is 0 Å². The summed E-state index contributed by atoms with van der Waals surface area (Å²) < 4.78 is 0. The van der Waals surface area contributed by atoms with Crippen LogP contribution in [0.5, 0.6) is 0 Å². The van der Waals surface area contributed by atoms with Gasteiger partial charge in [0.05, 0.1) is 5.56 Å². The van der Waals surface area contributed by atoms with Crippen molar-refractivity contribution in [2.24, 2.45) is 0 Å². The number of hydrogen-bond donors (Lipinski definition) is 1. The van der Waals surface area contributed by atoms with Crippen molar-refractivity contribution in [1.29, 1.82) is 0 Å². The van der Waals surface area contributed by atoms with E-state index < -0.39 is 5.97 Å². The first kappa shape index (κ1) is 15.5. The molecule has 2 saturated heterocycles. The fourth-order valence-electron chi connectivity index (χ4n) is 3.83. The van der Waals surface area contributed by atoms with Crippen molar-refractivity contribution in [2.45, 2.75) is 44.7 Å². The van der Waals surface area contributed by atoms with Crippen molar-refractivity contribution in [1.82, 2.24) is 9.80 Å². The molecule has 2 aliphatic rings. The van der Waals surface area contributed by atoms with Crippen LogP contribution in [0.25, 0.3) is 0 Å². The zero-order valence-corrected chi connectivity index (χ0v) is 13.2. The van der Waals surface area contributed by atoms with E-state index in [0.717, 1.165) is 31.2 Å². The molecule has 0 aliphatic carbocycles. The Bertz CT molecular complexity index is 512. The standard InChI is InChI=1S/C18H26N2O2/c21-18(22)16-6-3-5-15(13-16)14-19-9-4-7-17(8-12-19)20-10-1-2-11-20/h3,5-6,13,17H,1-2,4,7-12,14H2,(H,21,22). The highest BCUT2D eigenvalue weighted by molar-refractivity contribution is 5.87. The maximum Gasteiger partial charge on any atom is 0.335 e. The van der Waals surface area contributed by atoms with Crippen LogP contribution in [0.3, 0.4) is 0 Å². The highest BCUT2D eigenvalue weighted by Gasteiger charge is 2.24. The number of carboxylic acid groups (broad SMARTS) is 1. The minimum absolute atomic E-state index is 0.391. The molecule has 0 spiro atoms. The largest absolute Gasteiger partial charge is 0.478 e. The van der Waals surface area contributed by atoms with Crippen LogP contribution in [-0.2, 0) is 6.54 Å². The lowest BCUT2D eigenvalue weighted by Gasteiger charge is -2.26. The van der Waals surface area contributed by atoms with Gasteiger partial charge in [-0.1, -0.05) is 12.1 Å². The number of benzene rings is 1. The van der Waals surface area contributed by atoms with Crippen LogP contribution >= 0.6 is 0 Å². The Labute approximate surface area is 132 Å². The summed E-state index contributed by atoms with van der Waals surface area (Å²) >= 11 is 0. The third-order valence-electron chi connectivity index (χ3n) is 5.03. The van der Waals surface area contributed by atoms with E-state index in [9.17, 15) is 4.79 Å². The minimum atomic E-state index is -0.841. The van der Waals surface area contributed by atoms with Crippen LogP contribution in [0.15, 0.2) is 24.3 Å². The normalized spacial score (nSPS) is 24.3. The minimum Gasteiger partial charge on any atom is -0.478 e. The molecule has 3 rings (SSSR count). The fourth-order valence-corrected chi connectivity index (χ4v) is 3.83. The van der Waals surface area contributed by atoms with Crippen LogP contribution < -0.4 is 0 Å². The van der Waals surface area contributed by atoms with Crippen LogP contribution in [0.4, 0.5) is 0 Å². The smallest absolute Gasteiger partial charge is 0.335 e.